The summed E-state index contributed by atoms with van der Waals surface area (Å²) >= 11 is 0. The van der Waals surface area contributed by atoms with Crippen LogP contribution in [0.2, 0.25) is 0 Å². The minimum Gasteiger partial charge on any atom is -0.370 e. The normalized spacial score (nSPS) is 22.1. The average Bonchev–Trinajstić information content (AvgIpc) is 2.74. The van der Waals surface area contributed by atoms with Crippen molar-refractivity contribution in [1.29, 1.82) is 0 Å². The van der Waals surface area contributed by atoms with Gasteiger partial charge in [-0.15, -0.1) is 24.0 Å². The van der Waals surface area contributed by atoms with E-state index in [0.717, 1.165) is 31.5 Å². The van der Waals surface area contributed by atoms with Gasteiger partial charge >= 0.3 is 0 Å². The number of guanidine groups is 1. The van der Waals surface area contributed by atoms with Gasteiger partial charge in [0.25, 0.3) is 0 Å². The minimum atomic E-state index is 0. The highest BCUT2D eigenvalue weighted by Crippen LogP contribution is 2.28. The summed E-state index contributed by atoms with van der Waals surface area (Å²) in [5.41, 5.74) is 6.09. The second-order valence-electron chi connectivity index (χ2n) is 5.93. The molecule has 1 saturated heterocycles. The molecule has 0 unspecified atom stereocenters. The summed E-state index contributed by atoms with van der Waals surface area (Å²) in [6.07, 6.45) is 13.6. The fraction of sp³-hybridized carbons (Fsp3) is 0.933. The highest BCUT2D eigenvalue weighted by molar-refractivity contribution is 14.0. The first kappa shape index (κ1) is 17.1. The van der Waals surface area contributed by atoms with Crippen molar-refractivity contribution < 1.29 is 0 Å². The first-order valence-electron chi connectivity index (χ1n) is 7.91. The van der Waals surface area contributed by atoms with Crippen LogP contribution in [0.1, 0.15) is 64.2 Å². The maximum atomic E-state index is 6.09. The van der Waals surface area contributed by atoms with Crippen molar-refractivity contribution in [1.82, 2.24) is 4.90 Å². The molecule has 0 amide bonds. The highest BCUT2D eigenvalue weighted by atomic mass is 127. The summed E-state index contributed by atoms with van der Waals surface area (Å²) in [5.74, 6) is 1.78. The molecule has 0 atom stereocenters. The van der Waals surface area contributed by atoms with Crippen molar-refractivity contribution in [3.8, 4) is 0 Å². The van der Waals surface area contributed by atoms with Crippen molar-refractivity contribution in [2.24, 2.45) is 16.6 Å². The van der Waals surface area contributed by atoms with E-state index in [1.807, 2.05) is 0 Å². The Bertz CT molecular complexity index is 254. The lowest BCUT2D eigenvalue weighted by Gasteiger charge is -2.21. The summed E-state index contributed by atoms with van der Waals surface area (Å²) in [6, 6.07) is 0. The highest BCUT2D eigenvalue weighted by Gasteiger charge is 2.14. The molecule has 0 aromatic rings. The molecule has 1 saturated carbocycles. The van der Waals surface area contributed by atoms with E-state index in [1.54, 1.807) is 0 Å². The number of nitrogens with two attached hydrogens (primary N) is 1. The van der Waals surface area contributed by atoms with Crippen LogP contribution >= 0.6 is 24.0 Å². The number of rotatable bonds is 4. The lowest BCUT2D eigenvalue weighted by atomic mass is 10.0. The number of aliphatic imine (C=N–C) groups is 1. The van der Waals surface area contributed by atoms with Crippen molar-refractivity contribution in [2.75, 3.05) is 19.6 Å². The Hall–Kier alpha value is 0. The lowest BCUT2D eigenvalue weighted by molar-refractivity contribution is 0.427. The second kappa shape index (κ2) is 9.83. The molecule has 0 aromatic heterocycles. The lowest BCUT2D eigenvalue weighted by Crippen LogP contribution is -2.38. The molecule has 2 aliphatic rings. The molecule has 0 bridgehead atoms. The topological polar surface area (TPSA) is 41.6 Å². The average molecular weight is 379 g/mol. The van der Waals surface area contributed by atoms with Crippen LogP contribution in [-0.4, -0.2) is 30.5 Å². The molecule has 2 N–H and O–H groups in total. The van der Waals surface area contributed by atoms with E-state index in [-0.39, 0.29) is 24.0 Å². The summed E-state index contributed by atoms with van der Waals surface area (Å²) in [4.78, 5) is 6.85. The molecule has 2 fully saturated rings. The quantitative estimate of drug-likeness (QED) is 0.350. The van der Waals surface area contributed by atoms with Crippen molar-refractivity contribution in [3.63, 3.8) is 0 Å². The van der Waals surface area contributed by atoms with Gasteiger partial charge in [-0.25, -0.2) is 0 Å². The molecular formula is C15H30IN3. The van der Waals surface area contributed by atoms with E-state index in [2.05, 4.69) is 9.89 Å². The molecule has 19 heavy (non-hydrogen) atoms. The zero-order valence-electron chi connectivity index (χ0n) is 12.1. The Labute approximate surface area is 135 Å². The number of hydrogen-bond donors (Lipinski definition) is 1. The van der Waals surface area contributed by atoms with Gasteiger partial charge < -0.3 is 10.6 Å². The molecule has 1 aliphatic heterocycles. The molecule has 1 heterocycles. The van der Waals surface area contributed by atoms with Gasteiger partial charge in [-0.05, 0) is 31.6 Å². The fourth-order valence-corrected chi connectivity index (χ4v) is 3.27. The van der Waals surface area contributed by atoms with E-state index in [9.17, 15) is 0 Å². The maximum Gasteiger partial charge on any atom is 0.191 e. The molecule has 0 spiro atoms. The summed E-state index contributed by atoms with van der Waals surface area (Å²) < 4.78 is 0. The SMILES string of the molecule is I.NC(=NCCCC1CCCC1)N1CCCCCC1. The third-order valence-corrected chi connectivity index (χ3v) is 4.45. The zero-order chi connectivity index (χ0) is 12.6. The van der Waals surface area contributed by atoms with Gasteiger partial charge in [0.15, 0.2) is 5.96 Å². The molecule has 2 rings (SSSR count). The van der Waals surface area contributed by atoms with Crippen LogP contribution in [0.3, 0.4) is 0 Å². The van der Waals surface area contributed by atoms with E-state index in [1.165, 1.54) is 64.2 Å². The first-order valence-corrected chi connectivity index (χ1v) is 7.91. The number of likely N-dealkylation sites (tertiary alicyclic amines) is 1. The number of halogens is 1. The van der Waals surface area contributed by atoms with Crippen LogP contribution in [0.4, 0.5) is 0 Å². The molecule has 0 radical (unpaired) electrons. The third-order valence-electron chi connectivity index (χ3n) is 4.45. The van der Waals surface area contributed by atoms with Crippen LogP contribution in [0.25, 0.3) is 0 Å². The maximum absolute atomic E-state index is 6.09. The number of nitrogens with zero attached hydrogens (tertiary/aromatic N) is 2. The fourth-order valence-electron chi connectivity index (χ4n) is 3.27. The van der Waals surface area contributed by atoms with Crippen molar-refractivity contribution in [2.45, 2.75) is 64.2 Å². The molecular weight excluding hydrogens is 349 g/mol. The van der Waals surface area contributed by atoms with E-state index >= 15 is 0 Å². The molecule has 3 nitrogen and oxygen atoms in total. The Morgan fingerprint density at radius 2 is 1.63 bits per heavy atom. The Kier molecular flexibility index (Phi) is 8.83. The summed E-state index contributed by atoms with van der Waals surface area (Å²) in [6.45, 7) is 3.15. The van der Waals surface area contributed by atoms with E-state index in [0.29, 0.717) is 0 Å². The van der Waals surface area contributed by atoms with Gasteiger partial charge in [0.2, 0.25) is 0 Å². The third kappa shape index (κ3) is 6.32. The van der Waals surface area contributed by atoms with Gasteiger partial charge in [0, 0.05) is 19.6 Å². The summed E-state index contributed by atoms with van der Waals surface area (Å²) in [7, 11) is 0. The standard InChI is InChI=1S/C15H29N3.HI/c16-15(18-12-5-1-2-6-13-18)17-11-7-10-14-8-3-4-9-14;/h14H,1-13H2,(H2,16,17);1H. The van der Waals surface area contributed by atoms with Gasteiger partial charge in [-0.1, -0.05) is 38.5 Å². The van der Waals surface area contributed by atoms with Crippen LogP contribution in [-0.2, 0) is 0 Å². The first-order chi connectivity index (χ1) is 8.86. The monoisotopic (exact) mass is 379 g/mol. The second-order valence-corrected chi connectivity index (χ2v) is 5.93. The van der Waals surface area contributed by atoms with E-state index in [4.69, 9.17) is 5.73 Å². The summed E-state index contributed by atoms with van der Waals surface area (Å²) in [5, 5.41) is 0. The van der Waals surface area contributed by atoms with Gasteiger partial charge in [0.1, 0.15) is 0 Å². The zero-order valence-corrected chi connectivity index (χ0v) is 14.5. The van der Waals surface area contributed by atoms with Gasteiger partial charge in [0.05, 0.1) is 0 Å². The van der Waals surface area contributed by atoms with E-state index < -0.39 is 0 Å². The molecule has 1 aliphatic carbocycles. The minimum absolute atomic E-state index is 0. The predicted molar refractivity (Wildman–Crippen MR) is 93.1 cm³/mol. The number of hydrogen-bond acceptors (Lipinski definition) is 1. The molecule has 0 aromatic carbocycles. The Balaban J connectivity index is 0.00000180. The predicted octanol–water partition coefficient (Wildman–Crippen LogP) is 3.77. The van der Waals surface area contributed by atoms with Crippen molar-refractivity contribution in [3.05, 3.63) is 0 Å². The van der Waals surface area contributed by atoms with Gasteiger partial charge in [-0.2, -0.15) is 0 Å². The largest absolute Gasteiger partial charge is 0.370 e. The van der Waals surface area contributed by atoms with Crippen LogP contribution in [0, 0.1) is 5.92 Å². The molecule has 4 heteroatoms. The smallest absolute Gasteiger partial charge is 0.191 e. The van der Waals surface area contributed by atoms with Crippen LogP contribution in [0.5, 0.6) is 0 Å². The van der Waals surface area contributed by atoms with Crippen LogP contribution in [0.15, 0.2) is 4.99 Å². The molecule has 112 valence electrons. The van der Waals surface area contributed by atoms with Crippen molar-refractivity contribution >= 4 is 29.9 Å². The Morgan fingerprint density at radius 1 is 1.00 bits per heavy atom. The Morgan fingerprint density at radius 3 is 2.26 bits per heavy atom. The van der Waals surface area contributed by atoms with Crippen LogP contribution < -0.4 is 5.73 Å². The van der Waals surface area contributed by atoms with Gasteiger partial charge in [-0.3, -0.25) is 4.99 Å².